The summed E-state index contributed by atoms with van der Waals surface area (Å²) in [6.07, 6.45) is 0.921. The van der Waals surface area contributed by atoms with Gasteiger partial charge in [0.25, 0.3) is 0 Å². The molecule has 2 aromatic rings. The minimum atomic E-state index is 0.257. The average Bonchev–Trinajstić information content (AvgIpc) is 2.55. The SMILES string of the molecule is COc1ccccc1CCNC(C)c1ccc(C#N)cc1. The number of hydrogen-bond acceptors (Lipinski definition) is 3. The van der Waals surface area contributed by atoms with Crippen LogP contribution in [0, 0.1) is 11.3 Å². The molecule has 0 bridgehead atoms. The van der Waals surface area contributed by atoms with Crippen LogP contribution >= 0.6 is 0 Å². The lowest BCUT2D eigenvalue weighted by Crippen LogP contribution is -2.21. The van der Waals surface area contributed by atoms with Crippen molar-refractivity contribution in [1.82, 2.24) is 5.32 Å². The molecule has 1 unspecified atom stereocenters. The van der Waals surface area contributed by atoms with Crippen molar-refractivity contribution < 1.29 is 4.74 Å². The lowest BCUT2D eigenvalue weighted by Gasteiger charge is -2.15. The van der Waals surface area contributed by atoms with Crippen LogP contribution < -0.4 is 10.1 Å². The van der Waals surface area contributed by atoms with Crippen LogP contribution in [0.1, 0.15) is 29.7 Å². The summed E-state index contributed by atoms with van der Waals surface area (Å²) in [6.45, 7) is 3.01. The largest absolute Gasteiger partial charge is 0.496 e. The van der Waals surface area contributed by atoms with E-state index >= 15 is 0 Å². The Balaban J connectivity index is 1.89. The van der Waals surface area contributed by atoms with E-state index in [9.17, 15) is 0 Å². The molecule has 0 spiro atoms. The van der Waals surface area contributed by atoms with Crippen molar-refractivity contribution in [1.29, 1.82) is 5.26 Å². The van der Waals surface area contributed by atoms with Gasteiger partial charge in [0.15, 0.2) is 0 Å². The fourth-order valence-electron chi connectivity index (χ4n) is 2.30. The van der Waals surface area contributed by atoms with E-state index < -0.39 is 0 Å². The van der Waals surface area contributed by atoms with Gasteiger partial charge in [-0.3, -0.25) is 0 Å². The summed E-state index contributed by atoms with van der Waals surface area (Å²) in [5.41, 5.74) is 3.09. The summed E-state index contributed by atoms with van der Waals surface area (Å²) in [5, 5.41) is 12.3. The van der Waals surface area contributed by atoms with Crippen LogP contribution in [0.25, 0.3) is 0 Å². The molecule has 0 amide bonds. The number of para-hydroxylation sites is 1. The molecule has 0 aromatic heterocycles. The van der Waals surface area contributed by atoms with Crippen LogP contribution in [0.15, 0.2) is 48.5 Å². The quantitative estimate of drug-likeness (QED) is 0.881. The highest BCUT2D eigenvalue weighted by Gasteiger charge is 2.06. The molecule has 1 atom stereocenters. The highest BCUT2D eigenvalue weighted by Crippen LogP contribution is 2.18. The molecule has 0 heterocycles. The Hall–Kier alpha value is -2.31. The number of nitrogens with one attached hydrogen (secondary N) is 1. The normalized spacial score (nSPS) is 11.7. The summed E-state index contributed by atoms with van der Waals surface area (Å²) >= 11 is 0. The van der Waals surface area contributed by atoms with Crippen LogP contribution in [-0.2, 0) is 6.42 Å². The maximum Gasteiger partial charge on any atom is 0.122 e. The molecule has 0 aliphatic heterocycles. The second kappa shape index (κ2) is 7.47. The van der Waals surface area contributed by atoms with Crippen molar-refractivity contribution in [3.05, 3.63) is 65.2 Å². The Morgan fingerprint density at radius 2 is 1.86 bits per heavy atom. The van der Waals surface area contributed by atoms with Crippen molar-refractivity contribution in [2.75, 3.05) is 13.7 Å². The Morgan fingerprint density at radius 1 is 1.14 bits per heavy atom. The molecule has 0 radical (unpaired) electrons. The number of rotatable bonds is 6. The first-order valence-corrected chi connectivity index (χ1v) is 7.10. The molecular formula is C18H20N2O. The highest BCUT2D eigenvalue weighted by atomic mass is 16.5. The number of benzene rings is 2. The minimum absolute atomic E-state index is 0.257. The first-order chi connectivity index (χ1) is 10.2. The number of hydrogen-bond donors (Lipinski definition) is 1. The van der Waals surface area contributed by atoms with E-state index in [4.69, 9.17) is 10.00 Å². The first-order valence-electron chi connectivity index (χ1n) is 7.10. The van der Waals surface area contributed by atoms with Gasteiger partial charge < -0.3 is 10.1 Å². The topological polar surface area (TPSA) is 45.0 Å². The molecular weight excluding hydrogens is 260 g/mol. The van der Waals surface area contributed by atoms with Crippen molar-refractivity contribution in [2.45, 2.75) is 19.4 Å². The van der Waals surface area contributed by atoms with Crippen molar-refractivity contribution >= 4 is 0 Å². The lowest BCUT2D eigenvalue weighted by atomic mass is 10.1. The Bertz CT molecular complexity index is 614. The van der Waals surface area contributed by atoms with E-state index in [2.05, 4.69) is 24.4 Å². The maximum atomic E-state index is 8.81. The average molecular weight is 280 g/mol. The zero-order valence-corrected chi connectivity index (χ0v) is 12.5. The summed E-state index contributed by atoms with van der Waals surface area (Å²) in [5.74, 6) is 0.935. The molecule has 0 saturated carbocycles. The van der Waals surface area contributed by atoms with Crippen molar-refractivity contribution in [3.8, 4) is 11.8 Å². The summed E-state index contributed by atoms with van der Waals surface area (Å²) in [6, 6.07) is 18.2. The van der Waals surface area contributed by atoms with Gasteiger partial charge >= 0.3 is 0 Å². The third kappa shape index (κ3) is 4.08. The van der Waals surface area contributed by atoms with Crippen LogP contribution in [0.4, 0.5) is 0 Å². The third-order valence-corrected chi connectivity index (χ3v) is 3.58. The monoisotopic (exact) mass is 280 g/mol. The van der Waals surface area contributed by atoms with Gasteiger partial charge in [0, 0.05) is 6.04 Å². The molecule has 0 fully saturated rings. The molecule has 0 aliphatic carbocycles. The van der Waals surface area contributed by atoms with Gasteiger partial charge in [0.1, 0.15) is 5.75 Å². The Morgan fingerprint density at radius 3 is 2.52 bits per heavy atom. The van der Waals surface area contributed by atoms with E-state index in [0.717, 1.165) is 18.7 Å². The predicted octanol–water partition coefficient (Wildman–Crippen LogP) is 3.46. The highest BCUT2D eigenvalue weighted by molar-refractivity contribution is 5.34. The summed E-state index contributed by atoms with van der Waals surface area (Å²) in [7, 11) is 1.70. The van der Waals surface area contributed by atoms with Crippen molar-refractivity contribution in [3.63, 3.8) is 0 Å². The third-order valence-electron chi connectivity index (χ3n) is 3.58. The molecule has 0 aliphatic rings. The molecule has 1 N–H and O–H groups in total. The molecule has 21 heavy (non-hydrogen) atoms. The molecule has 3 heteroatoms. The Kier molecular flexibility index (Phi) is 5.36. The van der Waals surface area contributed by atoms with Gasteiger partial charge in [-0.1, -0.05) is 30.3 Å². The minimum Gasteiger partial charge on any atom is -0.496 e. The molecule has 3 nitrogen and oxygen atoms in total. The van der Waals surface area contributed by atoms with Gasteiger partial charge in [-0.25, -0.2) is 0 Å². The second-order valence-electron chi connectivity index (χ2n) is 4.97. The molecule has 108 valence electrons. The fourth-order valence-corrected chi connectivity index (χ4v) is 2.30. The van der Waals surface area contributed by atoms with Crippen molar-refractivity contribution in [2.24, 2.45) is 0 Å². The zero-order chi connectivity index (χ0) is 15.1. The number of ether oxygens (including phenoxy) is 1. The zero-order valence-electron chi connectivity index (χ0n) is 12.5. The van der Waals surface area contributed by atoms with Gasteiger partial charge in [0.2, 0.25) is 0 Å². The standard InChI is InChI=1S/C18H20N2O/c1-14(16-9-7-15(13-19)8-10-16)20-12-11-17-5-3-4-6-18(17)21-2/h3-10,14,20H,11-12H2,1-2H3. The van der Waals surface area contributed by atoms with Gasteiger partial charge in [-0.15, -0.1) is 0 Å². The van der Waals surface area contributed by atoms with E-state index in [-0.39, 0.29) is 6.04 Å². The smallest absolute Gasteiger partial charge is 0.122 e. The summed E-state index contributed by atoms with van der Waals surface area (Å²) < 4.78 is 5.35. The van der Waals surface area contributed by atoms with Crippen LogP contribution in [0.5, 0.6) is 5.75 Å². The molecule has 0 saturated heterocycles. The number of nitrogens with zero attached hydrogens (tertiary/aromatic N) is 1. The van der Waals surface area contributed by atoms with Crippen LogP contribution in [-0.4, -0.2) is 13.7 Å². The van der Waals surface area contributed by atoms with E-state index in [1.807, 2.05) is 42.5 Å². The first kappa shape index (κ1) is 15.1. The molecule has 2 aromatic carbocycles. The van der Waals surface area contributed by atoms with Gasteiger partial charge in [-0.2, -0.15) is 5.26 Å². The Labute approximate surface area is 126 Å². The van der Waals surface area contributed by atoms with E-state index in [1.165, 1.54) is 11.1 Å². The van der Waals surface area contributed by atoms with Crippen LogP contribution in [0.3, 0.4) is 0 Å². The summed E-state index contributed by atoms with van der Waals surface area (Å²) in [4.78, 5) is 0. The van der Waals surface area contributed by atoms with E-state index in [1.54, 1.807) is 7.11 Å². The second-order valence-corrected chi connectivity index (χ2v) is 4.97. The number of nitriles is 1. The molecule has 2 rings (SSSR count). The van der Waals surface area contributed by atoms with E-state index in [0.29, 0.717) is 5.56 Å². The fraction of sp³-hybridized carbons (Fsp3) is 0.278. The number of methoxy groups -OCH3 is 1. The maximum absolute atomic E-state index is 8.81. The van der Waals surface area contributed by atoms with Gasteiger partial charge in [0.05, 0.1) is 18.7 Å². The lowest BCUT2D eigenvalue weighted by molar-refractivity contribution is 0.408. The van der Waals surface area contributed by atoms with Gasteiger partial charge in [-0.05, 0) is 49.2 Å². The predicted molar refractivity (Wildman–Crippen MR) is 84.3 cm³/mol. The van der Waals surface area contributed by atoms with Crippen LogP contribution in [0.2, 0.25) is 0 Å².